The van der Waals surface area contributed by atoms with Crippen LogP contribution < -0.4 is 10.9 Å². The van der Waals surface area contributed by atoms with E-state index in [-0.39, 0.29) is 18.8 Å². The van der Waals surface area contributed by atoms with Crippen LogP contribution in [-0.2, 0) is 13.6 Å². The number of benzene rings is 2. The van der Waals surface area contributed by atoms with Crippen LogP contribution in [0.25, 0.3) is 10.9 Å². The molecule has 2 N–H and O–H groups in total. The molecule has 148 valence electrons. The molecule has 1 aromatic heterocycles. The number of fused-ring (bicyclic) bond motifs is 1. The topological polar surface area (TPSA) is 80.4 Å². The molecule has 28 heavy (non-hydrogen) atoms. The van der Waals surface area contributed by atoms with Gasteiger partial charge in [-0.3, -0.25) is 9.36 Å². The van der Waals surface area contributed by atoms with Gasteiger partial charge in [-0.2, -0.15) is 0 Å². The molecule has 0 amide bonds. The predicted molar refractivity (Wildman–Crippen MR) is 116 cm³/mol. The smallest absolute Gasteiger partial charge is 0.357 e. The third-order valence-corrected chi connectivity index (χ3v) is 7.14. The number of halogens is 1. The maximum atomic E-state index is 13.6. The number of hydrogen-bond donors (Lipinski definition) is 2. The van der Waals surface area contributed by atoms with Crippen LogP contribution in [0.3, 0.4) is 0 Å². The fourth-order valence-corrected chi connectivity index (χ4v) is 5.29. The van der Waals surface area contributed by atoms with Crippen LogP contribution in [0.1, 0.15) is 25.2 Å². The standard InChI is InChI=1S/C20H22BrN2O4P/c1-3-26-28(25,27-4-2)20(23-18-12-8-6-10-16(18)21)15-13-14-9-5-7-11-17(14)22-19(15)24/h5-13,20,23H,3-4H2,1-2H3,(H,22,24). The van der Waals surface area contributed by atoms with Crippen molar-refractivity contribution < 1.29 is 13.6 Å². The third kappa shape index (κ3) is 4.39. The minimum atomic E-state index is -3.69. The van der Waals surface area contributed by atoms with Crippen LogP contribution in [0.15, 0.2) is 63.9 Å². The van der Waals surface area contributed by atoms with E-state index in [0.717, 1.165) is 9.86 Å². The highest BCUT2D eigenvalue weighted by Gasteiger charge is 2.39. The summed E-state index contributed by atoms with van der Waals surface area (Å²) in [6.07, 6.45) is 0. The fourth-order valence-electron chi connectivity index (χ4n) is 2.97. The number of hydrogen-bond acceptors (Lipinski definition) is 5. The fraction of sp³-hybridized carbons (Fsp3) is 0.250. The van der Waals surface area contributed by atoms with Crippen molar-refractivity contribution in [2.45, 2.75) is 19.6 Å². The van der Waals surface area contributed by atoms with E-state index in [1.54, 1.807) is 19.9 Å². The number of nitrogens with one attached hydrogen (secondary N) is 2. The molecule has 3 rings (SSSR count). The lowest BCUT2D eigenvalue weighted by Gasteiger charge is -2.28. The second kappa shape index (κ2) is 9.05. The lowest BCUT2D eigenvalue weighted by atomic mass is 10.1. The second-order valence-corrected chi connectivity index (χ2v) is 9.01. The second-order valence-electron chi connectivity index (χ2n) is 6.04. The van der Waals surface area contributed by atoms with Gasteiger partial charge in [-0.1, -0.05) is 30.3 Å². The Morgan fingerprint density at radius 3 is 2.39 bits per heavy atom. The van der Waals surface area contributed by atoms with Crippen molar-refractivity contribution in [2.75, 3.05) is 18.5 Å². The van der Waals surface area contributed by atoms with Crippen molar-refractivity contribution in [1.82, 2.24) is 4.98 Å². The first kappa shape index (κ1) is 20.8. The molecular formula is C20H22BrN2O4P. The Kier molecular flexibility index (Phi) is 6.73. The van der Waals surface area contributed by atoms with Gasteiger partial charge in [0, 0.05) is 15.7 Å². The maximum Gasteiger partial charge on any atom is 0.357 e. The van der Waals surface area contributed by atoms with Gasteiger partial charge in [-0.15, -0.1) is 0 Å². The summed E-state index contributed by atoms with van der Waals surface area (Å²) in [7, 11) is -3.69. The first-order chi connectivity index (χ1) is 13.5. The summed E-state index contributed by atoms with van der Waals surface area (Å²) in [4.78, 5) is 15.7. The van der Waals surface area contributed by atoms with Crippen molar-refractivity contribution in [3.63, 3.8) is 0 Å². The molecule has 6 nitrogen and oxygen atoms in total. The van der Waals surface area contributed by atoms with E-state index in [2.05, 4.69) is 26.2 Å². The van der Waals surface area contributed by atoms with Crippen molar-refractivity contribution in [3.8, 4) is 0 Å². The van der Waals surface area contributed by atoms with Gasteiger partial charge >= 0.3 is 7.60 Å². The Hall–Kier alpha value is -1.92. The highest BCUT2D eigenvalue weighted by Crippen LogP contribution is 2.60. The van der Waals surface area contributed by atoms with E-state index in [0.29, 0.717) is 16.8 Å². The van der Waals surface area contributed by atoms with E-state index >= 15 is 0 Å². The van der Waals surface area contributed by atoms with Crippen LogP contribution in [0.4, 0.5) is 5.69 Å². The average Bonchev–Trinajstić information content (AvgIpc) is 2.67. The first-order valence-electron chi connectivity index (χ1n) is 9.00. The first-order valence-corrected chi connectivity index (χ1v) is 11.4. The zero-order valence-corrected chi connectivity index (χ0v) is 18.1. The summed E-state index contributed by atoms with van der Waals surface area (Å²) >= 11 is 3.48. The van der Waals surface area contributed by atoms with E-state index < -0.39 is 13.4 Å². The predicted octanol–water partition coefficient (Wildman–Crippen LogP) is 5.67. The molecule has 1 unspecified atom stereocenters. The largest absolute Gasteiger partial charge is 0.367 e. The van der Waals surface area contributed by atoms with Gasteiger partial charge in [0.25, 0.3) is 5.56 Å². The van der Waals surface area contributed by atoms with Gasteiger partial charge in [0.05, 0.1) is 18.8 Å². The molecule has 3 aromatic rings. The molecule has 0 aliphatic rings. The quantitative estimate of drug-likeness (QED) is 0.420. The summed E-state index contributed by atoms with van der Waals surface area (Å²) in [5.74, 6) is -0.973. The van der Waals surface area contributed by atoms with Crippen LogP contribution in [0, 0.1) is 0 Å². The molecule has 0 radical (unpaired) electrons. The normalized spacial score (nSPS) is 12.8. The average molecular weight is 465 g/mol. The van der Waals surface area contributed by atoms with E-state index in [9.17, 15) is 9.36 Å². The van der Waals surface area contributed by atoms with Crippen LogP contribution in [-0.4, -0.2) is 18.2 Å². The number of H-pyrrole nitrogens is 1. The molecule has 1 heterocycles. The summed E-state index contributed by atoms with van der Waals surface area (Å²) in [6, 6.07) is 16.6. The summed E-state index contributed by atoms with van der Waals surface area (Å²) in [6.45, 7) is 3.87. The van der Waals surface area contributed by atoms with Crippen molar-refractivity contribution in [1.29, 1.82) is 0 Å². The minimum absolute atomic E-state index is 0.191. The zero-order valence-electron chi connectivity index (χ0n) is 15.6. The highest BCUT2D eigenvalue weighted by atomic mass is 79.9. The lowest BCUT2D eigenvalue weighted by molar-refractivity contribution is 0.214. The number of rotatable bonds is 8. The molecule has 1 atom stereocenters. The molecule has 0 spiro atoms. The number of aromatic amines is 1. The molecule has 8 heteroatoms. The Balaban J connectivity index is 2.18. The van der Waals surface area contributed by atoms with Gasteiger partial charge in [-0.05, 0) is 59.4 Å². The molecule has 0 aliphatic carbocycles. The highest BCUT2D eigenvalue weighted by molar-refractivity contribution is 9.10. The van der Waals surface area contributed by atoms with Gasteiger partial charge in [0.1, 0.15) is 0 Å². The monoisotopic (exact) mass is 464 g/mol. The molecule has 0 aliphatic heterocycles. The van der Waals surface area contributed by atoms with E-state index in [4.69, 9.17) is 9.05 Å². The van der Waals surface area contributed by atoms with Crippen molar-refractivity contribution in [3.05, 3.63) is 75.0 Å². The zero-order chi connectivity index (χ0) is 20.1. The Morgan fingerprint density at radius 1 is 1.07 bits per heavy atom. The number of aromatic nitrogens is 1. The van der Waals surface area contributed by atoms with Crippen LogP contribution in [0.5, 0.6) is 0 Å². The van der Waals surface area contributed by atoms with E-state index in [1.807, 2.05) is 48.5 Å². The minimum Gasteiger partial charge on any atom is -0.367 e. The maximum absolute atomic E-state index is 13.6. The summed E-state index contributed by atoms with van der Waals surface area (Å²) < 4.78 is 25.6. The molecule has 0 saturated carbocycles. The molecule has 2 aromatic carbocycles. The Labute approximate surface area is 171 Å². The molecule has 0 saturated heterocycles. The number of pyridine rings is 1. The summed E-state index contributed by atoms with van der Waals surface area (Å²) in [5.41, 5.74) is 1.33. The van der Waals surface area contributed by atoms with Crippen LogP contribution >= 0.6 is 23.5 Å². The van der Waals surface area contributed by atoms with Gasteiger partial charge < -0.3 is 19.3 Å². The van der Waals surface area contributed by atoms with Crippen molar-refractivity contribution in [2.24, 2.45) is 0 Å². The Morgan fingerprint density at radius 2 is 1.71 bits per heavy atom. The van der Waals surface area contributed by atoms with Crippen molar-refractivity contribution >= 4 is 40.1 Å². The van der Waals surface area contributed by atoms with Crippen LogP contribution in [0.2, 0.25) is 0 Å². The molecule has 0 bridgehead atoms. The number of anilines is 1. The molecular weight excluding hydrogens is 443 g/mol. The lowest BCUT2D eigenvalue weighted by Crippen LogP contribution is -2.23. The number of para-hydroxylation sites is 2. The third-order valence-electron chi connectivity index (χ3n) is 4.18. The Bertz CT molecular complexity index is 1060. The van der Waals surface area contributed by atoms with Gasteiger partial charge in [0.15, 0.2) is 5.78 Å². The van der Waals surface area contributed by atoms with E-state index in [1.165, 1.54) is 0 Å². The van der Waals surface area contributed by atoms with Gasteiger partial charge in [-0.25, -0.2) is 0 Å². The summed E-state index contributed by atoms with van der Waals surface area (Å²) in [5, 5.41) is 4.03. The molecule has 0 fully saturated rings. The SMILES string of the molecule is CCOP(=O)(OCC)C(Nc1ccccc1Br)c1cc2ccccc2[nH]c1=O. The van der Waals surface area contributed by atoms with Gasteiger partial charge in [0.2, 0.25) is 0 Å².